The van der Waals surface area contributed by atoms with Crippen molar-refractivity contribution in [2.45, 2.75) is 37.6 Å². The Morgan fingerprint density at radius 1 is 1.26 bits per heavy atom. The Balaban J connectivity index is 2.04. The van der Waals surface area contributed by atoms with Gasteiger partial charge in [-0.1, -0.05) is 6.07 Å². The molecule has 150 valence electrons. The summed E-state index contributed by atoms with van der Waals surface area (Å²) in [5, 5.41) is 2.93. The van der Waals surface area contributed by atoms with E-state index in [0.717, 1.165) is 4.31 Å². The molecular weight excluding hydrogens is 370 g/mol. The minimum Gasteiger partial charge on any atom is -0.450 e. The average molecular weight is 397 g/mol. The van der Waals surface area contributed by atoms with Gasteiger partial charge in [0.25, 0.3) is 5.91 Å². The van der Waals surface area contributed by atoms with Gasteiger partial charge in [-0.15, -0.1) is 0 Å². The number of benzene rings is 1. The molecule has 0 spiro atoms. The van der Waals surface area contributed by atoms with Crippen LogP contribution < -0.4 is 5.32 Å². The van der Waals surface area contributed by atoms with Gasteiger partial charge in [-0.2, -0.15) is 0 Å². The lowest BCUT2D eigenvalue weighted by Crippen LogP contribution is -2.46. The van der Waals surface area contributed by atoms with Gasteiger partial charge in [0.05, 0.1) is 11.5 Å². The number of piperidine rings is 1. The van der Waals surface area contributed by atoms with Crippen LogP contribution in [0.1, 0.15) is 35.7 Å². The Morgan fingerprint density at radius 3 is 2.44 bits per heavy atom. The molecule has 2 amide bonds. The van der Waals surface area contributed by atoms with E-state index in [1.807, 2.05) is 0 Å². The average Bonchev–Trinajstić information content (AvgIpc) is 2.62. The van der Waals surface area contributed by atoms with Crippen molar-refractivity contribution in [2.75, 3.05) is 33.8 Å². The Morgan fingerprint density at radius 2 is 1.89 bits per heavy atom. The van der Waals surface area contributed by atoms with E-state index in [2.05, 4.69) is 5.32 Å². The molecule has 1 saturated heterocycles. The fourth-order valence-corrected chi connectivity index (χ4v) is 4.05. The summed E-state index contributed by atoms with van der Waals surface area (Å²) >= 11 is 0. The Labute approximate surface area is 160 Å². The third kappa shape index (κ3) is 4.98. The van der Waals surface area contributed by atoms with Gasteiger partial charge in [0, 0.05) is 38.8 Å². The van der Waals surface area contributed by atoms with E-state index in [9.17, 15) is 18.0 Å². The zero-order chi connectivity index (χ0) is 20.2. The SMILES string of the molecule is CCOC(=O)N1CCC(NC(=O)c2ccc(C)c(S(=O)(=O)N(C)C)c2)CC1. The number of aryl methyl sites for hydroxylation is 1. The van der Waals surface area contributed by atoms with E-state index in [1.54, 1.807) is 30.9 Å². The summed E-state index contributed by atoms with van der Waals surface area (Å²) in [7, 11) is -0.709. The third-order valence-electron chi connectivity index (χ3n) is 4.57. The normalized spacial score (nSPS) is 15.7. The lowest BCUT2D eigenvalue weighted by molar-refractivity contribution is 0.0860. The number of hydrogen-bond acceptors (Lipinski definition) is 5. The molecule has 1 heterocycles. The van der Waals surface area contributed by atoms with Gasteiger partial charge in [-0.3, -0.25) is 4.79 Å². The van der Waals surface area contributed by atoms with E-state index in [1.165, 1.54) is 20.2 Å². The van der Waals surface area contributed by atoms with E-state index >= 15 is 0 Å². The highest BCUT2D eigenvalue weighted by Crippen LogP contribution is 2.20. The van der Waals surface area contributed by atoms with Crippen molar-refractivity contribution >= 4 is 22.0 Å². The first-order valence-corrected chi connectivity index (χ1v) is 10.4. The van der Waals surface area contributed by atoms with Crippen LogP contribution in [0, 0.1) is 6.92 Å². The van der Waals surface area contributed by atoms with Gasteiger partial charge in [0.1, 0.15) is 0 Å². The molecule has 0 aromatic heterocycles. The second-order valence-corrected chi connectivity index (χ2v) is 8.82. The molecule has 1 aromatic rings. The summed E-state index contributed by atoms with van der Waals surface area (Å²) in [5.74, 6) is -0.320. The van der Waals surface area contributed by atoms with Crippen molar-refractivity contribution in [3.05, 3.63) is 29.3 Å². The first-order valence-electron chi connectivity index (χ1n) is 8.92. The van der Waals surface area contributed by atoms with Crippen LogP contribution in [-0.2, 0) is 14.8 Å². The molecule has 1 N–H and O–H groups in total. The van der Waals surface area contributed by atoms with Crippen LogP contribution in [-0.4, -0.2) is 69.5 Å². The Bertz CT molecular complexity index is 799. The molecule has 0 radical (unpaired) electrons. The first-order chi connectivity index (χ1) is 12.7. The fourth-order valence-electron chi connectivity index (χ4n) is 2.91. The molecule has 1 aromatic carbocycles. The number of hydrogen-bond donors (Lipinski definition) is 1. The molecule has 0 aliphatic carbocycles. The van der Waals surface area contributed by atoms with Crippen LogP contribution >= 0.6 is 0 Å². The molecule has 8 nitrogen and oxygen atoms in total. The topological polar surface area (TPSA) is 96.0 Å². The maximum Gasteiger partial charge on any atom is 0.409 e. The van der Waals surface area contributed by atoms with Crippen molar-refractivity contribution in [3.8, 4) is 0 Å². The summed E-state index contributed by atoms with van der Waals surface area (Å²) in [6, 6.07) is 4.59. The molecule has 9 heteroatoms. The molecule has 1 aliphatic rings. The number of nitrogens with one attached hydrogen (secondary N) is 1. The number of sulfonamides is 1. The van der Waals surface area contributed by atoms with E-state index < -0.39 is 10.0 Å². The molecule has 0 unspecified atom stereocenters. The predicted molar refractivity (Wildman–Crippen MR) is 101 cm³/mol. The largest absolute Gasteiger partial charge is 0.450 e. The highest BCUT2D eigenvalue weighted by Gasteiger charge is 2.26. The molecule has 0 saturated carbocycles. The number of carbonyl (C=O) groups is 2. The van der Waals surface area contributed by atoms with Gasteiger partial charge in [-0.25, -0.2) is 17.5 Å². The van der Waals surface area contributed by atoms with Crippen LogP contribution in [0.5, 0.6) is 0 Å². The number of rotatable bonds is 5. The smallest absolute Gasteiger partial charge is 0.409 e. The lowest BCUT2D eigenvalue weighted by Gasteiger charge is -2.31. The van der Waals surface area contributed by atoms with Crippen molar-refractivity contribution in [1.29, 1.82) is 0 Å². The first kappa shape index (κ1) is 21.2. The highest BCUT2D eigenvalue weighted by atomic mass is 32.2. The van der Waals surface area contributed by atoms with Gasteiger partial charge in [0.15, 0.2) is 0 Å². The summed E-state index contributed by atoms with van der Waals surface area (Å²) in [5.41, 5.74) is 0.886. The molecule has 1 fully saturated rings. The summed E-state index contributed by atoms with van der Waals surface area (Å²) in [4.78, 5) is 26.0. The van der Waals surface area contributed by atoms with Crippen LogP contribution in [0.25, 0.3) is 0 Å². The van der Waals surface area contributed by atoms with Crippen molar-refractivity contribution in [1.82, 2.24) is 14.5 Å². The standard InChI is InChI=1S/C18H27N3O5S/c1-5-26-18(23)21-10-8-15(9-11-21)19-17(22)14-7-6-13(2)16(12-14)27(24,25)20(3)4/h6-7,12,15H,5,8-11H2,1-4H3,(H,19,22). The van der Waals surface area contributed by atoms with Crippen LogP contribution in [0.15, 0.2) is 23.1 Å². The molecular formula is C18H27N3O5S. The van der Waals surface area contributed by atoms with E-state index in [0.29, 0.717) is 43.7 Å². The van der Waals surface area contributed by atoms with E-state index in [4.69, 9.17) is 4.74 Å². The van der Waals surface area contributed by atoms with Gasteiger partial charge >= 0.3 is 6.09 Å². The highest BCUT2D eigenvalue weighted by molar-refractivity contribution is 7.89. The summed E-state index contributed by atoms with van der Waals surface area (Å²) in [6.07, 6.45) is 0.915. The van der Waals surface area contributed by atoms with Crippen LogP contribution in [0.4, 0.5) is 4.79 Å². The fraction of sp³-hybridized carbons (Fsp3) is 0.556. The molecule has 1 aliphatic heterocycles. The molecule has 0 bridgehead atoms. The van der Waals surface area contributed by atoms with Crippen molar-refractivity contribution < 1.29 is 22.7 Å². The second-order valence-electron chi connectivity index (χ2n) is 6.70. The molecule has 2 rings (SSSR count). The Kier molecular flexibility index (Phi) is 6.83. The summed E-state index contributed by atoms with van der Waals surface area (Å²) in [6.45, 7) is 4.82. The molecule has 27 heavy (non-hydrogen) atoms. The van der Waals surface area contributed by atoms with Crippen LogP contribution in [0.3, 0.4) is 0 Å². The third-order valence-corrected chi connectivity index (χ3v) is 6.52. The number of likely N-dealkylation sites (tertiary alicyclic amines) is 1. The number of ether oxygens (including phenoxy) is 1. The minimum absolute atomic E-state index is 0.0709. The number of carbonyl (C=O) groups excluding carboxylic acids is 2. The lowest BCUT2D eigenvalue weighted by atomic mass is 10.0. The number of nitrogens with zero attached hydrogens (tertiary/aromatic N) is 2. The van der Waals surface area contributed by atoms with Crippen molar-refractivity contribution in [2.24, 2.45) is 0 Å². The Hall–Kier alpha value is -2.13. The zero-order valence-corrected chi connectivity index (χ0v) is 17.0. The summed E-state index contributed by atoms with van der Waals surface area (Å²) < 4.78 is 30.9. The predicted octanol–water partition coefficient (Wildman–Crippen LogP) is 1.60. The monoisotopic (exact) mass is 397 g/mol. The van der Waals surface area contributed by atoms with Gasteiger partial charge in [0.2, 0.25) is 10.0 Å². The van der Waals surface area contributed by atoms with Gasteiger partial charge in [-0.05, 0) is 44.4 Å². The minimum atomic E-state index is -3.62. The zero-order valence-electron chi connectivity index (χ0n) is 16.2. The van der Waals surface area contributed by atoms with Crippen LogP contribution in [0.2, 0.25) is 0 Å². The maximum atomic E-state index is 12.6. The van der Waals surface area contributed by atoms with E-state index in [-0.39, 0.29) is 22.9 Å². The van der Waals surface area contributed by atoms with Gasteiger partial charge < -0.3 is 15.0 Å². The number of amides is 2. The molecule has 0 atom stereocenters. The quantitative estimate of drug-likeness (QED) is 0.814. The van der Waals surface area contributed by atoms with Crippen molar-refractivity contribution in [3.63, 3.8) is 0 Å². The maximum absolute atomic E-state index is 12.6. The second kappa shape index (κ2) is 8.71.